The van der Waals surface area contributed by atoms with Crippen molar-refractivity contribution >= 4 is 28.2 Å². The Labute approximate surface area is 114 Å². The van der Waals surface area contributed by atoms with E-state index in [4.69, 9.17) is 5.73 Å². The molecule has 3 aromatic rings. The van der Waals surface area contributed by atoms with Crippen molar-refractivity contribution in [3.63, 3.8) is 0 Å². The van der Waals surface area contributed by atoms with Crippen LogP contribution >= 0.6 is 11.8 Å². The van der Waals surface area contributed by atoms with Crippen LogP contribution in [-0.4, -0.2) is 19.7 Å². The van der Waals surface area contributed by atoms with Gasteiger partial charge < -0.3 is 5.73 Å². The third kappa shape index (κ3) is 2.15. The molecule has 0 aliphatic rings. The summed E-state index contributed by atoms with van der Waals surface area (Å²) in [5, 5.41) is 6.99. The van der Waals surface area contributed by atoms with Gasteiger partial charge in [0.15, 0.2) is 5.16 Å². The van der Waals surface area contributed by atoms with E-state index in [0.717, 1.165) is 32.2 Å². The summed E-state index contributed by atoms with van der Waals surface area (Å²) in [7, 11) is 1.88. The minimum Gasteiger partial charge on any atom is -0.398 e. The highest BCUT2D eigenvalue weighted by Crippen LogP contribution is 2.34. The Hall–Kier alpha value is -2.08. The fourth-order valence-electron chi connectivity index (χ4n) is 1.90. The molecule has 5 nitrogen and oxygen atoms in total. The molecule has 0 spiro atoms. The summed E-state index contributed by atoms with van der Waals surface area (Å²) < 4.78 is 1.75. The zero-order chi connectivity index (χ0) is 13.4. The van der Waals surface area contributed by atoms with E-state index in [0.29, 0.717) is 0 Å². The topological polar surface area (TPSA) is 69.6 Å². The van der Waals surface area contributed by atoms with E-state index in [-0.39, 0.29) is 0 Å². The van der Waals surface area contributed by atoms with E-state index < -0.39 is 0 Å². The van der Waals surface area contributed by atoms with E-state index in [1.54, 1.807) is 22.8 Å². The zero-order valence-corrected chi connectivity index (χ0v) is 11.5. The van der Waals surface area contributed by atoms with Crippen LogP contribution in [0, 0.1) is 6.92 Å². The molecule has 0 saturated heterocycles. The molecule has 96 valence electrons. The van der Waals surface area contributed by atoms with Crippen molar-refractivity contribution in [2.45, 2.75) is 17.0 Å². The molecule has 3 rings (SSSR count). The fourth-order valence-corrected chi connectivity index (χ4v) is 2.79. The first kappa shape index (κ1) is 12.0. The fraction of sp³-hybridized carbons (Fsp3) is 0.154. The molecule has 0 aliphatic heterocycles. The molecule has 2 aromatic heterocycles. The molecule has 0 fully saturated rings. The van der Waals surface area contributed by atoms with Crippen molar-refractivity contribution in [1.29, 1.82) is 0 Å². The number of hydrogen-bond donors (Lipinski definition) is 1. The number of pyridine rings is 1. The molecular weight excluding hydrogens is 258 g/mol. The molecule has 19 heavy (non-hydrogen) atoms. The molecule has 1 aromatic carbocycles. The summed E-state index contributed by atoms with van der Waals surface area (Å²) in [4.78, 5) is 9.63. The monoisotopic (exact) mass is 271 g/mol. The number of aromatic nitrogens is 4. The third-order valence-electron chi connectivity index (χ3n) is 2.90. The van der Waals surface area contributed by atoms with Gasteiger partial charge in [-0.2, -0.15) is 5.10 Å². The lowest BCUT2D eigenvalue weighted by Crippen LogP contribution is -1.94. The molecule has 0 radical (unpaired) electrons. The van der Waals surface area contributed by atoms with Crippen LogP contribution in [0.15, 0.2) is 40.8 Å². The average Bonchev–Trinajstić information content (AvgIpc) is 2.78. The van der Waals surface area contributed by atoms with Crippen molar-refractivity contribution in [1.82, 2.24) is 19.7 Å². The summed E-state index contributed by atoms with van der Waals surface area (Å²) >= 11 is 1.57. The Morgan fingerprint density at radius 3 is 2.79 bits per heavy atom. The quantitative estimate of drug-likeness (QED) is 0.725. The Kier molecular flexibility index (Phi) is 2.87. The van der Waals surface area contributed by atoms with Gasteiger partial charge >= 0.3 is 0 Å². The minimum atomic E-state index is 0.741. The van der Waals surface area contributed by atoms with E-state index in [1.807, 2.05) is 38.4 Å². The SMILES string of the molecule is Cc1cc2c(Sc3ncnn3C)ccc(N)c2cn1. The zero-order valence-electron chi connectivity index (χ0n) is 10.7. The Bertz CT molecular complexity index is 750. The van der Waals surface area contributed by atoms with Crippen LogP contribution < -0.4 is 5.73 Å². The summed E-state index contributed by atoms with van der Waals surface area (Å²) in [5.41, 5.74) is 7.71. The summed E-state index contributed by atoms with van der Waals surface area (Å²) in [6.07, 6.45) is 3.37. The Morgan fingerprint density at radius 1 is 1.21 bits per heavy atom. The smallest absolute Gasteiger partial charge is 0.190 e. The second kappa shape index (κ2) is 4.55. The molecule has 0 aliphatic carbocycles. The van der Waals surface area contributed by atoms with Crippen LogP contribution in [0.25, 0.3) is 10.8 Å². The van der Waals surface area contributed by atoms with E-state index in [2.05, 4.69) is 15.1 Å². The lowest BCUT2D eigenvalue weighted by molar-refractivity contribution is 0.685. The number of benzene rings is 1. The predicted molar refractivity (Wildman–Crippen MR) is 76.0 cm³/mol. The molecule has 2 heterocycles. The van der Waals surface area contributed by atoms with Crippen molar-refractivity contribution in [2.24, 2.45) is 7.05 Å². The van der Waals surface area contributed by atoms with Crippen molar-refractivity contribution in [3.8, 4) is 0 Å². The number of rotatable bonds is 2. The van der Waals surface area contributed by atoms with E-state index in [1.165, 1.54) is 0 Å². The Balaban J connectivity index is 2.16. The van der Waals surface area contributed by atoms with E-state index >= 15 is 0 Å². The molecule has 0 bridgehead atoms. The van der Waals surface area contributed by atoms with Crippen LogP contribution in [0.2, 0.25) is 0 Å². The normalized spacial score (nSPS) is 11.1. The van der Waals surface area contributed by atoms with Crippen LogP contribution in [0.3, 0.4) is 0 Å². The number of hydrogen-bond acceptors (Lipinski definition) is 5. The largest absolute Gasteiger partial charge is 0.398 e. The highest BCUT2D eigenvalue weighted by atomic mass is 32.2. The van der Waals surface area contributed by atoms with Gasteiger partial charge in [-0.25, -0.2) is 9.67 Å². The van der Waals surface area contributed by atoms with Crippen LogP contribution in [0.4, 0.5) is 5.69 Å². The summed E-state index contributed by atoms with van der Waals surface area (Å²) in [6, 6.07) is 5.96. The first-order chi connectivity index (χ1) is 9.15. The molecule has 0 saturated carbocycles. The number of nitrogens with two attached hydrogens (primary N) is 1. The third-order valence-corrected chi connectivity index (χ3v) is 4.03. The molecule has 0 unspecified atom stereocenters. The lowest BCUT2D eigenvalue weighted by Gasteiger charge is -2.08. The van der Waals surface area contributed by atoms with E-state index in [9.17, 15) is 0 Å². The van der Waals surface area contributed by atoms with Crippen LogP contribution in [0.5, 0.6) is 0 Å². The van der Waals surface area contributed by atoms with Gasteiger partial charge in [0, 0.05) is 40.3 Å². The summed E-state index contributed by atoms with van der Waals surface area (Å²) in [6.45, 7) is 1.97. The lowest BCUT2D eigenvalue weighted by atomic mass is 10.1. The van der Waals surface area contributed by atoms with Crippen molar-refractivity contribution in [2.75, 3.05) is 5.73 Å². The molecule has 0 amide bonds. The molecule has 6 heteroatoms. The summed E-state index contributed by atoms with van der Waals surface area (Å²) in [5.74, 6) is 0. The number of anilines is 1. The average molecular weight is 271 g/mol. The van der Waals surface area contributed by atoms with Gasteiger partial charge in [0.1, 0.15) is 6.33 Å². The van der Waals surface area contributed by atoms with Gasteiger partial charge in [0.05, 0.1) is 0 Å². The van der Waals surface area contributed by atoms with Crippen molar-refractivity contribution in [3.05, 3.63) is 36.4 Å². The van der Waals surface area contributed by atoms with Gasteiger partial charge in [-0.3, -0.25) is 4.98 Å². The number of fused-ring (bicyclic) bond motifs is 1. The second-order valence-electron chi connectivity index (χ2n) is 4.29. The number of nitrogen functional groups attached to an aromatic ring is 1. The van der Waals surface area contributed by atoms with Gasteiger partial charge in [0.2, 0.25) is 0 Å². The first-order valence-corrected chi connectivity index (χ1v) is 6.63. The maximum atomic E-state index is 6.00. The highest BCUT2D eigenvalue weighted by Gasteiger charge is 2.09. The molecule has 2 N–H and O–H groups in total. The van der Waals surface area contributed by atoms with Gasteiger partial charge in [-0.15, -0.1) is 0 Å². The maximum absolute atomic E-state index is 6.00. The predicted octanol–water partition coefficient (Wildman–Crippen LogP) is 2.41. The van der Waals surface area contributed by atoms with Crippen molar-refractivity contribution < 1.29 is 0 Å². The van der Waals surface area contributed by atoms with Gasteiger partial charge in [0.25, 0.3) is 0 Å². The maximum Gasteiger partial charge on any atom is 0.190 e. The van der Waals surface area contributed by atoms with Crippen LogP contribution in [-0.2, 0) is 7.05 Å². The number of aryl methyl sites for hydroxylation is 2. The number of nitrogens with zero attached hydrogens (tertiary/aromatic N) is 4. The molecule has 0 atom stereocenters. The van der Waals surface area contributed by atoms with Gasteiger partial charge in [-0.1, -0.05) is 0 Å². The van der Waals surface area contributed by atoms with Crippen LogP contribution in [0.1, 0.15) is 5.69 Å². The minimum absolute atomic E-state index is 0.741. The second-order valence-corrected chi connectivity index (χ2v) is 5.30. The standard InChI is InChI=1S/C13H13N5S/c1-8-5-9-10(6-15-8)11(14)3-4-12(9)19-13-16-7-17-18(13)2/h3-7H,14H2,1-2H3. The molecular formula is C13H13N5S. The highest BCUT2D eigenvalue weighted by molar-refractivity contribution is 7.99. The Morgan fingerprint density at radius 2 is 2.05 bits per heavy atom. The first-order valence-electron chi connectivity index (χ1n) is 5.82. The van der Waals surface area contributed by atoms with Gasteiger partial charge in [-0.05, 0) is 36.9 Å².